The number of benzene rings is 1. The molecule has 0 saturated carbocycles. The third-order valence-corrected chi connectivity index (χ3v) is 4.36. The van der Waals surface area contributed by atoms with Gasteiger partial charge in [-0.1, -0.05) is 23.7 Å². The molecule has 0 aliphatic carbocycles. The minimum atomic E-state index is -0.776. The number of carboxylic acids is 1. The van der Waals surface area contributed by atoms with Crippen LogP contribution < -0.4 is 4.74 Å². The number of aliphatic carboxylic acids is 1. The molecule has 0 bridgehead atoms. The first-order chi connectivity index (χ1) is 11.1. The number of ether oxygens (including phenoxy) is 1. The van der Waals surface area contributed by atoms with Crippen LogP contribution in [-0.4, -0.2) is 41.6 Å². The highest BCUT2D eigenvalue weighted by atomic mass is 35.5. The van der Waals surface area contributed by atoms with E-state index in [1.165, 1.54) is 0 Å². The van der Waals surface area contributed by atoms with Gasteiger partial charge in [0, 0.05) is 19.5 Å². The smallest absolute Gasteiger partial charge is 0.303 e. The number of halogens is 1. The molecule has 1 aromatic rings. The molecule has 1 saturated heterocycles. The molecule has 23 heavy (non-hydrogen) atoms. The minimum absolute atomic E-state index is 0.0529. The molecular formula is C17H22ClNO4. The topological polar surface area (TPSA) is 66.8 Å². The van der Waals surface area contributed by atoms with E-state index in [1.807, 2.05) is 17.0 Å². The lowest BCUT2D eigenvalue weighted by Crippen LogP contribution is -2.40. The molecule has 126 valence electrons. The Morgan fingerprint density at radius 3 is 2.83 bits per heavy atom. The summed E-state index contributed by atoms with van der Waals surface area (Å²) in [5, 5.41) is 9.29. The Balaban J connectivity index is 1.74. The number of carbonyl (C=O) groups excluding carboxylic acids is 1. The van der Waals surface area contributed by atoms with Gasteiger partial charge < -0.3 is 14.7 Å². The van der Waals surface area contributed by atoms with Crippen LogP contribution >= 0.6 is 11.6 Å². The fourth-order valence-electron chi connectivity index (χ4n) is 2.82. The Labute approximate surface area is 141 Å². The van der Waals surface area contributed by atoms with Gasteiger partial charge in [0.05, 0.1) is 18.1 Å². The summed E-state index contributed by atoms with van der Waals surface area (Å²) in [7, 11) is 0. The second-order valence-electron chi connectivity index (χ2n) is 5.81. The van der Waals surface area contributed by atoms with Gasteiger partial charge in [-0.2, -0.15) is 0 Å². The fourth-order valence-corrected chi connectivity index (χ4v) is 3.01. The summed E-state index contributed by atoms with van der Waals surface area (Å²) < 4.78 is 5.55. The van der Waals surface area contributed by atoms with Gasteiger partial charge in [-0.3, -0.25) is 9.59 Å². The molecule has 1 amide bonds. The lowest BCUT2D eigenvalue weighted by molar-refractivity contribution is -0.137. The molecule has 0 spiro atoms. The molecule has 0 radical (unpaired) electrons. The van der Waals surface area contributed by atoms with Gasteiger partial charge in [-0.05, 0) is 37.3 Å². The Kier molecular flexibility index (Phi) is 6.71. The lowest BCUT2D eigenvalue weighted by Gasteiger charge is -2.32. The van der Waals surface area contributed by atoms with Crippen molar-refractivity contribution in [2.75, 3.05) is 19.7 Å². The second-order valence-corrected chi connectivity index (χ2v) is 6.22. The van der Waals surface area contributed by atoms with E-state index in [4.69, 9.17) is 21.4 Å². The van der Waals surface area contributed by atoms with Crippen molar-refractivity contribution in [3.8, 4) is 5.75 Å². The monoisotopic (exact) mass is 339 g/mol. The van der Waals surface area contributed by atoms with E-state index in [2.05, 4.69) is 0 Å². The summed E-state index contributed by atoms with van der Waals surface area (Å²) in [6, 6.07) is 7.18. The number of piperidine rings is 1. The van der Waals surface area contributed by atoms with Crippen molar-refractivity contribution < 1.29 is 19.4 Å². The van der Waals surface area contributed by atoms with Gasteiger partial charge in [-0.15, -0.1) is 0 Å². The number of likely N-dealkylation sites (tertiary alicyclic amines) is 1. The zero-order valence-electron chi connectivity index (χ0n) is 13.0. The van der Waals surface area contributed by atoms with Crippen molar-refractivity contribution in [1.82, 2.24) is 4.90 Å². The second kappa shape index (κ2) is 8.77. The number of carbonyl (C=O) groups is 2. The van der Waals surface area contributed by atoms with Crippen molar-refractivity contribution >= 4 is 23.5 Å². The van der Waals surface area contributed by atoms with E-state index < -0.39 is 5.97 Å². The van der Waals surface area contributed by atoms with Crippen molar-refractivity contribution in [2.45, 2.75) is 32.1 Å². The van der Waals surface area contributed by atoms with Gasteiger partial charge in [0.15, 0.2) is 0 Å². The Morgan fingerprint density at radius 2 is 2.09 bits per heavy atom. The van der Waals surface area contributed by atoms with E-state index in [9.17, 15) is 9.59 Å². The van der Waals surface area contributed by atoms with Gasteiger partial charge in [-0.25, -0.2) is 0 Å². The molecule has 1 N–H and O–H groups in total. The van der Waals surface area contributed by atoms with Crippen LogP contribution in [0.4, 0.5) is 0 Å². The van der Waals surface area contributed by atoms with Crippen LogP contribution in [0.2, 0.25) is 5.02 Å². The Morgan fingerprint density at radius 1 is 1.30 bits per heavy atom. The molecule has 0 aromatic heterocycles. The molecular weight excluding hydrogens is 318 g/mol. The molecule has 0 unspecified atom stereocenters. The van der Waals surface area contributed by atoms with Crippen LogP contribution in [0, 0.1) is 5.92 Å². The maximum atomic E-state index is 12.3. The highest BCUT2D eigenvalue weighted by Crippen LogP contribution is 2.24. The highest BCUT2D eigenvalue weighted by molar-refractivity contribution is 6.32. The summed E-state index contributed by atoms with van der Waals surface area (Å²) >= 11 is 6.00. The van der Waals surface area contributed by atoms with E-state index in [-0.39, 0.29) is 18.2 Å². The summed E-state index contributed by atoms with van der Waals surface area (Å²) in [5.74, 6) is 0.145. The van der Waals surface area contributed by atoms with E-state index >= 15 is 0 Å². The summed E-state index contributed by atoms with van der Waals surface area (Å²) in [4.78, 5) is 24.7. The highest BCUT2D eigenvalue weighted by Gasteiger charge is 2.23. The lowest BCUT2D eigenvalue weighted by atomic mass is 9.93. The molecule has 1 aliphatic rings. The number of nitrogens with zero attached hydrogens (tertiary/aromatic N) is 1. The van der Waals surface area contributed by atoms with Crippen molar-refractivity contribution in [3.63, 3.8) is 0 Å². The van der Waals surface area contributed by atoms with Gasteiger partial charge in [0.25, 0.3) is 0 Å². The quantitative estimate of drug-likeness (QED) is 0.828. The number of hydrogen-bond acceptors (Lipinski definition) is 3. The van der Waals surface area contributed by atoms with E-state index in [0.29, 0.717) is 36.8 Å². The van der Waals surface area contributed by atoms with E-state index in [0.717, 1.165) is 19.4 Å². The van der Waals surface area contributed by atoms with Gasteiger partial charge in [0.2, 0.25) is 5.91 Å². The SMILES string of the molecule is O=C(O)CC[C@@H]1CCCN(C(=O)CCOc2ccccc2Cl)C1. The minimum Gasteiger partial charge on any atom is -0.491 e. The summed E-state index contributed by atoms with van der Waals surface area (Å²) in [5.41, 5.74) is 0. The first-order valence-electron chi connectivity index (χ1n) is 7.93. The molecule has 1 fully saturated rings. The molecule has 1 atom stereocenters. The number of para-hydroxylation sites is 1. The van der Waals surface area contributed by atoms with Crippen LogP contribution in [0.5, 0.6) is 5.75 Å². The van der Waals surface area contributed by atoms with Crippen molar-refractivity contribution in [2.24, 2.45) is 5.92 Å². The van der Waals surface area contributed by atoms with Crippen LogP contribution in [0.15, 0.2) is 24.3 Å². The molecule has 2 rings (SSSR count). The third kappa shape index (κ3) is 5.75. The van der Waals surface area contributed by atoms with Crippen molar-refractivity contribution in [1.29, 1.82) is 0 Å². The first kappa shape index (κ1) is 17.6. The van der Waals surface area contributed by atoms with Crippen LogP contribution in [0.1, 0.15) is 32.1 Å². The number of carboxylic acid groups (broad SMARTS) is 1. The predicted octanol–water partition coefficient (Wildman–Crippen LogP) is 3.21. The number of hydrogen-bond donors (Lipinski definition) is 1. The first-order valence-corrected chi connectivity index (χ1v) is 8.31. The largest absolute Gasteiger partial charge is 0.491 e. The zero-order valence-corrected chi connectivity index (χ0v) is 13.8. The molecule has 6 heteroatoms. The molecule has 5 nitrogen and oxygen atoms in total. The summed E-state index contributed by atoms with van der Waals surface area (Å²) in [6.07, 6.45) is 3.03. The standard InChI is InChI=1S/C17H22ClNO4/c18-14-5-1-2-6-15(14)23-11-9-16(20)19-10-3-4-13(12-19)7-8-17(21)22/h1-2,5-6,13H,3-4,7-12H2,(H,21,22)/t13-/m0/s1. The zero-order chi connectivity index (χ0) is 16.7. The van der Waals surface area contributed by atoms with Crippen LogP contribution in [0.3, 0.4) is 0 Å². The van der Waals surface area contributed by atoms with Gasteiger partial charge >= 0.3 is 5.97 Å². The van der Waals surface area contributed by atoms with Crippen LogP contribution in [-0.2, 0) is 9.59 Å². The molecule has 1 aliphatic heterocycles. The third-order valence-electron chi connectivity index (χ3n) is 4.05. The Hall–Kier alpha value is -1.75. The Bertz CT molecular complexity index is 549. The number of amides is 1. The maximum absolute atomic E-state index is 12.3. The number of rotatable bonds is 7. The average molecular weight is 340 g/mol. The predicted molar refractivity (Wildman–Crippen MR) is 87.7 cm³/mol. The summed E-state index contributed by atoms with van der Waals surface area (Å²) in [6.45, 7) is 1.69. The van der Waals surface area contributed by atoms with Crippen LogP contribution in [0.25, 0.3) is 0 Å². The fraction of sp³-hybridized carbons (Fsp3) is 0.529. The molecule has 1 heterocycles. The maximum Gasteiger partial charge on any atom is 0.303 e. The van der Waals surface area contributed by atoms with Gasteiger partial charge in [0.1, 0.15) is 5.75 Å². The average Bonchev–Trinajstić information content (AvgIpc) is 2.55. The normalized spacial score (nSPS) is 17.8. The molecule has 1 aromatic carbocycles. The van der Waals surface area contributed by atoms with Crippen molar-refractivity contribution in [3.05, 3.63) is 29.3 Å². The van der Waals surface area contributed by atoms with E-state index in [1.54, 1.807) is 12.1 Å².